The van der Waals surface area contributed by atoms with E-state index in [1.165, 1.54) is 17.8 Å². The van der Waals surface area contributed by atoms with Gasteiger partial charge in [-0.05, 0) is 68.1 Å². The molecule has 12 heteroatoms. The van der Waals surface area contributed by atoms with E-state index in [-0.39, 0.29) is 23.2 Å². The molecule has 1 spiro atoms. The topological polar surface area (TPSA) is 102 Å². The van der Waals surface area contributed by atoms with Gasteiger partial charge in [0.1, 0.15) is 5.82 Å². The van der Waals surface area contributed by atoms with E-state index >= 15 is 0 Å². The molecule has 6 rings (SSSR count). The second-order valence-corrected chi connectivity index (χ2v) is 12.2. The average molecular weight is 552 g/mol. The molecule has 3 aliphatic heterocycles. The molecule has 0 aliphatic carbocycles. The third-order valence-electron chi connectivity index (χ3n) is 7.80. The number of hydrogen-bond donors (Lipinski definition) is 2. The molecular weight excluding hydrogens is 517 g/mol. The number of piperidine rings is 1. The monoisotopic (exact) mass is 551 g/mol. The van der Waals surface area contributed by atoms with E-state index in [1.807, 2.05) is 19.1 Å². The Bertz CT molecular complexity index is 1280. The van der Waals surface area contributed by atoms with E-state index in [1.54, 1.807) is 18.3 Å². The minimum absolute atomic E-state index is 0.0594. The van der Waals surface area contributed by atoms with E-state index in [9.17, 15) is 9.18 Å². The fraction of sp³-hybridized carbons (Fsp3) is 0.519. The number of aryl methyl sites for hydroxylation is 1. The van der Waals surface area contributed by atoms with Gasteiger partial charge in [-0.2, -0.15) is 5.10 Å². The molecule has 0 unspecified atom stereocenters. The summed E-state index contributed by atoms with van der Waals surface area (Å²) in [5, 5.41) is 24.1. The number of carbonyl (C=O) groups excluding carboxylic acids is 1. The van der Waals surface area contributed by atoms with E-state index in [0.717, 1.165) is 75.6 Å². The molecule has 2 N–H and O–H groups in total. The number of likely N-dealkylation sites (tertiary alicyclic amines) is 2. The predicted molar refractivity (Wildman–Crippen MR) is 149 cm³/mol. The van der Waals surface area contributed by atoms with Gasteiger partial charge in [0.2, 0.25) is 16.2 Å². The summed E-state index contributed by atoms with van der Waals surface area (Å²) in [6.07, 6.45) is 4.90. The lowest BCUT2D eigenvalue weighted by Crippen LogP contribution is -2.62. The van der Waals surface area contributed by atoms with Gasteiger partial charge >= 0.3 is 0 Å². The largest absolute Gasteiger partial charge is 0.355 e. The van der Waals surface area contributed by atoms with Gasteiger partial charge in [-0.25, -0.2) is 4.39 Å². The van der Waals surface area contributed by atoms with Crippen LogP contribution in [-0.4, -0.2) is 88.0 Å². The fourth-order valence-corrected chi connectivity index (χ4v) is 7.03. The zero-order valence-corrected chi connectivity index (χ0v) is 23.0. The zero-order valence-electron chi connectivity index (χ0n) is 22.1. The van der Waals surface area contributed by atoms with Crippen LogP contribution in [0.2, 0.25) is 0 Å². The molecule has 5 heterocycles. The van der Waals surface area contributed by atoms with Crippen LogP contribution < -0.4 is 15.5 Å². The molecule has 1 amide bonds. The first-order valence-electron chi connectivity index (χ1n) is 13.5. The van der Waals surface area contributed by atoms with Gasteiger partial charge in [0.05, 0.1) is 6.54 Å². The Morgan fingerprint density at radius 3 is 2.79 bits per heavy atom. The molecule has 206 valence electrons. The smallest absolute Gasteiger partial charge is 0.240 e. The Balaban J connectivity index is 0.949. The van der Waals surface area contributed by atoms with E-state index in [4.69, 9.17) is 0 Å². The first-order chi connectivity index (χ1) is 18.9. The Labute approximate surface area is 231 Å². The van der Waals surface area contributed by atoms with Crippen LogP contribution in [0.15, 0.2) is 36.5 Å². The van der Waals surface area contributed by atoms with Crippen molar-refractivity contribution in [2.24, 2.45) is 5.41 Å². The van der Waals surface area contributed by atoms with Gasteiger partial charge in [-0.15, -0.1) is 15.3 Å². The summed E-state index contributed by atoms with van der Waals surface area (Å²) < 4.78 is 13.8. The lowest BCUT2D eigenvalue weighted by Gasteiger charge is -2.54. The second kappa shape index (κ2) is 11.1. The van der Waals surface area contributed by atoms with Gasteiger partial charge in [0, 0.05) is 56.9 Å². The standard InChI is InChI=1S/C27H34FN9OS/c1-19-10-20(12-21(28)11-19)13-36-17-27(18-36)6-3-8-35(16-27)15-24(38)31-26-34-33-25(39-26)30-22-5-9-37(14-22)23-4-2-7-29-32-23/h2,4,7,10-12,22H,3,5-6,8-9,13-18H2,1H3,(H,30,33)(H,31,34,38)/t22-/m1/s1. The van der Waals surface area contributed by atoms with Crippen LogP contribution in [0.25, 0.3) is 0 Å². The van der Waals surface area contributed by atoms with Crippen molar-refractivity contribution >= 4 is 33.3 Å². The van der Waals surface area contributed by atoms with Gasteiger partial charge in [0.25, 0.3) is 0 Å². The Morgan fingerprint density at radius 1 is 1.13 bits per heavy atom. The number of carbonyl (C=O) groups is 1. The maximum Gasteiger partial charge on any atom is 0.240 e. The number of amides is 1. The zero-order chi connectivity index (χ0) is 26.8. The number of aromatic nitrogens is 4. The van der Waals surface area contributed by atoms with Crippen molar-refractivity contribution in [3.05, 3.63) is 53.5 Å². The molecule has 0 saturated carbocycles. The molecule has 39 heavy (non-hydrogen) atoms. The molecule has 0 radical (unpaired) electrons. The molecule has 3 fully saturated rings. The summed E-state index contributed by atoms with van der Waals surface area (Å²) in [6.45, 7) is 8.57. The molecule has 3 aromatic rings. The molecular formula is C27H34FN9OS. The van der Waals surface area contributed by atoms with Crippen molar-refractivity contribution in [1.82, 2.24) is 30.2 Å². The normalized spacial score (nSPS) is 21.2. The van der Waals surface area contributed by atoms with Crippen molar-refractivity contribution in [3.8, 4) is 0 Å². The number of rotatable bonds is 8. The molecule has 1 atom stereocenters. The maximum atomic E-state index is 13.8. The van der Waals surface area contributed by atoms with E-state index in [0.29, 0.717) is 16.8 Å². The number of halogens is 1. The fourth-order valence-electron chi connectivity index (χ4n) is 6.30. The highest BCUT2D eigenvalue weighted by Crippen LogP contribution is 2.39. The van der Waals surface area contributed by atoms with Crippen LogP contribution in [0.3, 0.4) is 0 Å². The lowest BCUT2D eigenvalue weighted by atomic mass is 9.73. The molecule has 10 nitrogen and oxygen atoms in total. The highest BCUT2D eigenvalue weighted by atomic mass is 32.1. The Morgan fingerprint density at radius 2 is 1.97 bits per heavy atom. The van der Waals surface area contributed by atoms with Crippen molar-refractivity contribution in [2.75, 3.05) is 61.3 Å². The minimum Gasteiger partial charge on any atom is -0.355 e. The summed E-state index contributed by atoms with van der Waals surface area (Å²) in [7, 11) is 0. The van der Waals surface area contributed by atoms with Crippen LogP contribution in [0.4, 0.5) is 20.5 Å². The first-order valence-corrected chi connectivity index (χ1v) is 14.4. The SMILES string of the molecule is Cc1cc(F)cc(CN2CC3(CCCN(CC(=O)Nc4nnc(N[C@@H]5CCN(c6cccnn6)C5)s4)C3)C2)c1. The number of hydrogen-bond acceptors (Lipinski definition) is 10. The quantitative estimate of drug-likeness (QED) is 0.437. The summed E-state index contributed by atoms with van der Waals surface area (Å²) >= 11 is 1.36. The lowest BCUT2D eigenvalue weighted by molar-refractivity contribution is -0.119. The van der Waals surface area contributed by atoms with Gasteiger partial charge in [0.15, 0.2) is 5.82 Å². The molecule has 1 aromatic carbocycles. The average Bonchev–Trinajstić information content (AvgIpc) is 3.53. The third kappa shape index (κ3) is 6.34. The minimum atomic E-state index is -0.169. The highest BCUT2D eigenvalue weighted by molar-refractivity contribution is 7.19. The Kier molecular flexibility index (Phi) is 7.41. The van der Waals surface area contributed by atoms with Gasteiger partial charge in [-0.1, -0.05) is 17.4 Å². The van der Waals surface area contributed by atoms with Crippen molar-refractivity contribution < 1.29 is 9.18 Å². The summed E-state index contributed by atoms with van der Waals surface area (Å²) in [5.74, 6) is 0.649. The van der Waals surface area contributed by atoms with E-state index < -0.39 is 0 Å². The Hall–Kier alpha value is -3.22. The first kappa shape index (κ1) is 26.0. The van der Waals surface area contributed by atoms with Crippen LogP contribution in [0.1, 0.15) is 30.4 Å². The van der Waals surface area contributed by atoms with Crippen molar-refractivity contribution in [1.29, 1.82) is 0 Å². The molecule has 0 bridgehead atoms. The van der Waals surface area contributed by atoms with Crippen LogP contribution in [0.5, 0.6) is 0 Å². The number of nitrogens with one attached hydrogen (secondary N) is 2. The maximum absolute atomic E-state index is 13.8. The van der Waals surface area contributed by atoms with Crippen LogP contribution in [0, 0.1) is 18.2 Å². The predicted octanol–water partition coefficient (Wildman–Crippen LogP) is 3.00. The molecule has 3 aliphatic rings. The number of nitrogens with zero attached hydrogens (tertiary/aromatic N) is 7. The summed E-state index contributed by atoms with van der Waals surface area (Å²) in [5.41, 5.74) is 2.20. The second-order valence-electron chi connectivity index (χ2n) is 11.2. The van der Waals surface area contributed by atoms with Crippen LogP contribution in [-0.2, 0) is 11.3 Å². The van der Waals surface area contributed by atoms with Crippen LogP contribution >= 0.6 is 11.3 Å². The number of benzene rings is 1. The highest BCUT2D eigenvalue weighted by Gasteiger charge is 2.45. The van der Waals surface area contributed by atoms with Gasteiger partial charge in [-0.3, -0.25) is 19.9 Å². The van der Waals surface area contributed by atoms with Gasteiger partial charge < -0.3 is 10.2 Å². The third-order valence-corrected chi connectivity index (χ3v) is 8.57. The number of anilines is 3. The van der Waals surface area contributed by atoms with Crippen molar-refractivity contribution in [3.63, 3.8) is 0 Å². The van der Waals surface area contributed by atoms with Crippen molar-refractivity contribution in [2.45, 2.75) is 38.8 Å². The summed E-state index contributed by atoms with van der Waals surface area (Å²) in [4.78, 5) is 19.7. The summed E-state index contributed by atoms with van der Waals surface area (Å²) in [6, 6.07) is 9.35. The molecule has 2 aromatic heterocycles. The van der Waals surface area contributed by atoms with E-state index in [2.05, 4.69) is 51.8 Å². The molecule has 3 saturated heterocycles.